The number of para-hydroxylation sites is 1. The molecule has 0 spiro atoms. The minimum Gasteiger partial charge on any atom is -0.396 e. The Morgan fingerprint density at radius 2 is 2.11 bits per heavy atom. The zero-order chi connectivity index (χ0) is 14.1. The molecule has 1 aliphatic carbocycles. The molecular formula is C12H17FN2O3S. The van der Waals surface area contributed by atoms with Crippen molar-refractivity contribution in [3.8, 4) is 0 Å². The van der Waals surface area contributed by atoms with E-state index in [-0.39, 0.29) is 29.1 Å². The number of halogens is 1. The predicted octanol–water partition coefficient (Wildman–Crippen LogP) is 0.849. The number of anilines is 1. The normalized spacial score (nSPS) is 17.4. The summed E-state index contributed by atoms with van der Waals surface area (Å²) >= 11 is 0. The molecule has 0 saturated heterocycles. The highest BCUT2D eigenvalue weighted by Crippen LogP contribution is 2.48. The van der Waals surface area contributed by atoms with Gasteiger partial charge in [0.2, 0.25) is 10.0 Å². The topological polar surface area (TPSA) is 92.4 Å². The van der Waals surface area contributed by atoms with E-state index in [0.717, 1.165) is 18.9 Å². The molecule has 1 aliphatic rings. The van der Waals surface area contributed by atoms with Crippen LogP contribution in [-0.4, -0.2) is 26.7 Å². The van der Waals surface area contributed by atoms with E-state index in [1.54, 1.807) is 0 Å². The molecule has 0 bridgehead atoms. The van der Waals surface area contributed by atoms with Crippen molar-refractivity contribution < 1.29 is 17.9 Å². The molecule has 0 aliphatic heterocycles. The van der Waals surface area contributed by atoms with Gasteiger partial charge in [0.05, 0.1) is 5.69 Å². The van der Waals surface area contributed by atoms with Gasteiger partial charge in [0, 0.05) is 13.2 Å². The van der Waals surface area contributed by atoms with Crippen molar-refractivity contribution in [2.45, 2.75) is 24.2 Å². The molecule has 0 atom stereocenters. The van der Waals surface area contributed by atoms with Crippen LogP contribution >= 0.6 is 0 Å². The first-order valence-corrected chi connectivity index (χ1v) is 7.53. The van der Waals surface area contributed by atoms with Gasteiger partial charge >= 0.3 is 0 Å². The highest BCUT2D eigenvalue weighted by Gasteiger charge is 2.42. The van der Waals surface area contributed by atoms with Crippen LogP contribution in [0, 0.1) is 11.2 Å². The first-order chi connectivity index (χ1) is 8.90. The number of nitrogen functional groups attached to an aromatic ring is 1. The van der Waals surface area contributed by atoms with Crippen molar-refractivity contribution in [3.63, 3.8) is 0 Å². The smallest absolute Gasteiger partial charge is 0.242 e. The fourth-order valence-corrected chi connectivity index (χ4v) is 3.30. The van der Waals surface area contributed by atoms with E-state index in [1.165, 1.54) is 12.1 Å². The van der Waals surface area contributed by atoms with Gasteiger partial charge in [0.1, 0.15) is 10.7 Å². The van der Waals surface area contributed by atoms with E-state index in [1.807, 2.05) is 0 Å². The maximum atomic E-state index is 13.3. The maximum Gasteiger partial charge on any atom is 0.242 e. The quantitative estimate of drug-likeness (QED) is 0.677. The lowest BCUT2D eigenvalue weighted by Gasteiger charge is -2.15. The third-order valence-corrected chi connectivity index (χ3v) is 5.00. The summed E-state index contributed by atoms with van der Waals surface area (Å²) in [6, 6.07) is 3.69. The van der Waals surface area contributed by atoms with E-state index in [0.29, 0.717) is 6.42 Å². The molecule has 106 valence electrons. The van der Waals surface area contributed by atoms with Crippen LogP contribution in [0.15, 0.2) is 23.1 Å². The van der Waals surface area contributed by atoms with Crippen LogP contribution in [0.3, 0.4) is 0 Å². The molecule has 0 amide bonds. The number of rotatable bonds is 6. The van der Waals surface area contributed by atoms with Crippen LogP contribution < -0.4 is 10.5 Å². The first kappa shape index (κ1) is 14.2. The molecule has 5 nitrogen and oxygen atoms in total. The summed E-state index contributed by atoms with van der Waals surface area (Å²) in [6.45, 7) is 0.273. The lowest BCUT2D eigenvalue weighted by molar-refractivity contribution is 0.249. The number of aliphatic hydroxyl groups excluding tert-OH is 1. The molecule has 1 saturated carbocycles. The molecule has 1 fully saturated rings. The Bertz CT molecular complexity index is 570. The molecule has 1 aromatic carbocycles. The second-order valence-corrected chi connectivity index (χ2v) is 6.69. The fourth-order valence-electron chi connectivity index (χ4n) is 2.01. The van der Waals surface area contributed by atoms with Gasteiger partial charge in [-0.2, -0.15) is 0 Å². The highest BCUT2D eigenvalue weighted by atomic mass is 32.2. The van der Waals surface area contributed by atoms with Crippen molar-refractivity contribution >= 4 is 15.7 Å². The predicted molar refractivity (Wildman–Crippen MR) is 69.4 cm³/mol. The number of nitrogens with two attached hydrogens (primary N) is 1. The second-order valence-electron chi connectivity index (χ2n) is 4.95. The largest absolute Gasteiger partial charge is 0.396 e. The van der Waals surface area contributed by atoms with Crippen LogP contribution in [0.25, 0.3) is 0 Å². The molecule has 0 aromatic heterocycles. The van der Waals surface area contributed by atoms with Gasteiger partial charge < -0.3 is 10.8 Å². The van der Waals surface area contributed by atoms with Gasteiger partial charge in [-0.15, -0.1) is 0 Å². The Balaban J connectivity index is 2.13. The zero-order valence-electron chi connectivity index (χ0n) is 10.4. The summed E-state index contributed by atoms with van der Waals surface area (Å²) in [5, 5.41) is 8.92. The summed E-state index contributed by atoms with van der Waals surface area (Å²) < 4.78 is 39.8. The zero-order valence-corrected chi connectivity index (χ0v) is 11.2. The summed E-state index contributed by atoms with van der Waals surface area (Å²) in [5.41, 5.74) is 4.93. The van der Waals surface area contributed by atoms with E-state index < -0.39 is 15.8 Å². The number of nitrogens with one attached hydrogen (secondary N) is 1. The van der Waals surface area contributed by atoms with Gasteiger partial charge in [-0.1, -0.05) is 6.07 Å². The Hall–Kier alpha value is -1.18. The van der Waals surface area contributed by atoms with Crippen molar-refractivity contribution in [2.24, 2.45) is 5.41 Å². The number of benzene rings is 1. The van der Waals surface area contributed by atoms with Crippen LogP contribution in [0.4, 0.5) is 10.1 Å². The lowest BCUT2D eigenvalue weighted by Crippen LogP contribution is -2.31. The van der Waals surface area contributed by atoms with E-state index in [9.17, 15) is 12.8 Å². The summed E-state index contributed by atoms with van der Waals surface area (Å²) in [6.07, 6.45) is 2.33. The molecule has 1 aromatic rings. The molecule has 7 heteroatoms. The minimum absolute atomic E-state index is 0.0316. The molecule has 0 heterocycles. The van der Waals surface area contributed by atoms with Gasteiger partial charge in [0.15, 0.2) is 0 Å². The van der Waals surface area contributed by atoms with E-state index in [2.05, 4.69) is 4.72 Å². The number of hydrogen-bond donors (Lipinski definition) is 3. The Morgan fingerprint density at radius 3 is 2.68 bits per heavy atom. The fraction of sp³-hybridized carbons (Fsp3) is 0.500. The maximum absolute atomic E-state index is 13.3. The van der Waals surface area contributed by atoms with Crippen LogP contribution in [0.1, 0.15) is 19.3 Å². The van der Waals surface area contributed by atoms with E-state index in [4.69, 9.17) is 10.8 Å². The third-order valence-electron chi connectivity index (χ3n) is 3.54. The molecule has 0 unspecified atom stereocenters. The van der Waals surface area contributed by atoms with Gasteiger partial charge in [-0.3, -0.25) is 0 Å². The number of aliphatic hydroxyl groups is 1. The lowest BCUT2D eigenvalue weighted by atomic mass is 10.0. The standard InChI is InChI=1S/C12H17FN2O3S/c13-9-2-1-3-10(11(9)14)19(17,18)15-8-12(4-5-12)6-7-16/h1-3,15-16H,4-8,14H2. The van der Waals surface area contributed by atoms with Crippen LogP contribution in [0.5, 0.6) is 0 Å². The van der Waals surface area contributed by atoms with Crippen molar-refractivity contribution in [2.75, 3.05) is 18.9 Å². The second kappa shape index (κ2) is 5.07. The Morgan fingerprint density at radius 1 is 1.42 bits per heavy atom. The summed E-state index contributed by atoms with van der Waals surface area (Å²) in [4.78, 5) is -0.243. The minimum atomic E-state index is -3.82. The molecular weight excluding hydrogens is 271 g/mol. The number of sulfonamides is 1. The monoisotopic (exact) mass is 288 g/mol. The summed E-state index contributed by atoms with van der Waals surface area (Å²) in [5.74, 6) is -0.751. The Kier molecular flexibility index (Phi) is 3.80. The molecule has 0 radical (unpaired) electrons. The molecule has 19 heavy (non-hydrogen) atoms. The van der Waals surface area contributed by atoms with Crippen molar-refractivity contribution in [1.82, 2.24) is 4.72 Å². The highest BCUT2D eigenvalue weighted by molar-refractivity contribution is 7.89. The van der Waals surface area contributed by atoms with Crippen LogP contribution in [-0.2, 0) is 10.0 Å². The van der Waals surface area contributed by atoms with Crippen molar-refractivity contribution in [3.05, 3.63) is 24.0 Å². The summed E-state index contributed by atoms with van der Waals surface area (Å²) in [7, 11) is -3.82. The average molecular weight is 288 g/mol. The number of hydrogen-bond acceptors (Lipinski definition) is 4. The van der Waals surface area contributed by atoms with Gasteiger partial charge in [-0.25, -0.2) is 17.5 Å². The van der Waals surface area contributed by atoms with Crippen LogP contribution in [0.2, 0.25) is 0 Å². The Labute approximate surface area is 111 Å². The first-order valence-electron chi connectivity index (χ1n) is 6.05. The van der Waals surface area contributed by atoms with Gasteiger partial charge in [0.25, 0.3) is 0 Å². The van der Waals surface area contributed by atoms with E-state index >= 15 is 0 Å². The SMILES string of the molecule is Nc1c(F)cccc1S(=O)(=O)NCC1(CCO)CC1. The van der Waals surface area contributed by atoms with Crippen molar-refractivity contribution in [1.29, 1.82) is 0 Å². The third kappa shape index (κ3) is 3.05. The molecule has 2 rings (SSSR count). The average Bonchev–Trinajstić information content (AvgIpc) is 3.11. The van der Waals surface area contributed by atoms with Gasteiger partial charge in [-0.05, 0) is 36.8 Å². The molecule has 4 N–H and O–H groups in total.